The molecule has 0 aromatic carbocycles. The van der Waals surface area contributed by atoms with E-state index in [2.05, 4.69) is 15.1 Å². The summed E-state index contributed by atoms with van der Waals surface area (Å²) in [7, 11) is -0.915. The minimum absolute atomic E-state index is 0.111. The van der Waals surface area contributed by atoms with Gasteiger partial charge in [-0.15, -0.1) is 0 Å². The van der Waals surface area contributed by atoms with Gasteiger partial charge >= 0.3 is 21.2 Å². The van der Waals surface area contributed by atoms with E-state index in [1.807, 2.05) is 10.0 Å². The Morgan fingerprint density at radius 1 is 1.27 bits per heavy atom. The van der Waals surface area contributed by atoms with Crippen LogP contribution in [0.1, 0.15) is 10.5 Å². The molecular weight excluding hydrogens is 372 g/mol. The summed E-state index contributed by atoms with van der Waals surface area (Å²) in [5, 5.41) is 13.2. The number of carbonyl (C=O) groups is 2. The highest BCUT2D eigenvalue weighted by Crippen LogP contribution is 2.29. The first-order chi connectivity index (χ1) is 12.2. The lowest BCUT2D eigenvalue weighted by Crippen LogP contribution is -2.29. The summed E-state index contributed by atoms with van der Waals surface area (Å²) in [6.45, 7) is 0. The van der Waals surface area contributed by atoms with Crippen molar-refractivity contribution in [2.24, 2.45) is 7.05 Å². The molecule has 0 aliphatic rings. The van der Waals surface area contributed by atoms with Gasteiger partial charge < -0.3 is 14.6 Å². The third-order valence-electron chi connectivity index (χ3n) is 2.94. The number of hydrogen-bond acceptors (Lipinski definition) is 9. The van der Waals surface area contributed by atoms with E-state index in [-0.39, 0.29) is 23.4 Å². The number of aryl methyl sites for hydroxylation is 1. The summed E-state index contributed by atoms with van der Waals surface area (Å²) in [6, 6.07) is 1.40. The standard InChI is InChI=1S/C12H14N6O7S/c1-18-9(8(25-3)7(16-18)10(19)20)17-26(22,23)12(21)15-11-13-5-4-6(14-11)24-2/h4-5,17H,1-3H3,(H,19,20)(H,13,14,15,21). The molecule has 0 radical (unpaired) electrons. The molecule has 2 aromatic heterocycles. The summed E-state index contributed by atoms with van der Waals surface area (Å²) in [5.74, 6) is -2.32. The van der Waals surface area contributed by atoms with E-state index in [1.165, 1.54) is 26.4 Å². The number of rotatable bonds is 6. The number of carboxylic acid groups (broad SMARTS) is 1. The Bertz CT molecular complexity index is 955. The predicted octanol–water partition coefficient (Wildman–Crippen LogP) is -0.101. The van der Waals surface area contributed by atoms with Gasteiger partial charge in [-0.25, -0.2) is 14.5 Å². The lowest BCUT2D eigenvalue weighted by Gasteiger charge is -2.09. The van der Waals surface area contributed by atoms with Gasteiger partial charge in [-0.05, 0) is 0 Å². The molecule has 0 saturated heterocycles. The number of ether oxygens (including phenoxy) is 2. The van der Waals surface area contributed by atoms with Crippen molar-refractivity contribution >= 4 is 33.0 Å². The topological polar surface area (TPSA) is 175 Å². The number of carbonyl (C=O) groups excluding carboxylic acids is 1. The number of sulfonamides is 1. The fourth-order valence-corrected chi connectivity index (χ4v) is 2.60. The summed E-state index contributed by atoms with van der Waals surface area (Å²) in [5.41, 5.74) is -0.524. The first kappa shape index (κ1) is 18.9. The maximum atomic E-state index is 12.2. The number of anilines is 2. The van der Waals surface area contributed by atoms with E-state index in [4.69, 9.17) is 14.6 Å². The molecule has 0 bridgehead atoms. The number of amides is 1. The van der Waals surface area contributed by atoms with Crippen molar-refractivity contribution < 1.29 is 32.6 Å². The number of nitrogens with one attached hydrogen (secondary N) is 2. The van der Waals surface area contributed by atoms with Crippen molar-refractivity contribution in [2.45, 2.75) is 0 Å². The number of nitrogens with zero attached hydrogens (tertiary/aromatic N) is 4. The van der Waals surface area contributed by atoms with Gasteiger partial charge in [0, 0.05) is 19.3 Å². The largest absolute Gasteiger partial charge is 0.491 e. The van der Waals surface area contributed by atoms with Crippen LogP contribution in [0.4, 0.5) is 16.6 Å². The monoisotopic (exact) mass is 386 g/mol. The van der Waals surface area contributed by atoms with Crippen molar-refractivity contribution in [1.82, 2.24) is 19.7 Å². The summed E-state index contributed by atoms with van der Waals surface area (Å²) in [6.07, 6.45) is 1.25. The number of methoxy groups -OCH3 is 2. The molecule has 2 aromatic rings. The van der Waals surface area contributed by atoms with Crippen LogP contribution in [0.2, 0.25) is 0 Å². The average Bonchev–Trinajstić information content (AvgIpc) is 2.90. The Morgan fingerprint density at radius 3 is 2.54 bits per heavy atom. The van der Waals surface area contributed by atoms with E-state index >= 15 is 0 Å². The quantitative estimate of drug-likeness (QED) is 0.608. The smallest absolute Gasteiger partial charge is 0.363 e. The van der Waals surface area contributed by atoms with Gasteiger partial charge in [0.25, 0.3) is 0 Å². The van der Waals surface area contributed by atoms with Crippen LogP contribution >= 0.6 is 0 Å². The second-order valence-corrected chi connectivity index (χ2v) is 6.18. The van der Waals surface area contributed by atoms with Gasteiger partial charge in [-0.1, -0.05) is 0 Å². The molecule has 140 valence electrons. The number of carboxylic acids is 1. The van der Waals surface area contributed by atoms with Gasteiger partial charge in [0.05, 0.1) is 14.2 Å². The Morgan fingerprint density at radius 2 is 1.96 bits per heavy atom. The lowest BCUT2D eigenvalue weighted by molar-refractivity contribution is 0.0686. The van der Waals surface area contributed by atoms with Gasteiger partial charge in [0.2, 0.25) is 17.5 Å². The van der Waals surface area contributed by atoms with Crippen LogP contribution in [-0.2, 0) is 17.1 Å². The van der Waals surface area contributed by atoms with Crippen LogP contribution in [-0.4, -0.2) is 58.7 Å². The molecule has 0 unspecified atom stereocenters. The maximum Gasteiger partial charge on any atom is 0.363 e. The van der Waals surface area contributed by atoms with E-state index < -0.39 is 26.9 Å². The van der Waals surface area contributed by atoms with Crippen molar-refractivity contribution in [2.75, 3.05) is 24.3 Å². The maximum absolute atomic E-state index is 12.2. The molecule has 26 heavy (non-hydrogen) atoms. The second-order valence-electron chi connectivity index (χ2n) is 4.60. The first-order valence-electron chi connectivity index (χ1n) is 6.74. The lowest BCUT2D eigenvalue weighted by atomic mass is 10.4. The van der Waals surface area contributed by atoms with Crippen LogP contribution in [0.3, 0.4) is 0 Å². The SMILES string of the molecule is COc1ccnc(NC(=O)S(=O)(=O)Nc2c(OC)c(C(=O)O)nn2C)n1. The minimum atomic E-state index is -4.65. The summed E-state index contributed by atoms with van der Waals surface area (Å²) >= 11 is 0. The summed E-state index contributed by atoms with van der Waals surface area (Å²) < 4.78 is 36.9. The van der Waals surface area contributed by atoms with Crippen LogP contribution < -0.4 is 19.5 Å². The molecule has 1 amide bonds. The zero-order chi connectivity index (χ0) is 19.5. The Kier molecular flexibility index (Phi) is 5.25. The van der Waals surface area contributed by atoms with Crippen LogP contribution in [0.15, 0.2) is 12.3 Å². The summed E-state index contributed by atoms with van der Waals surface area (Å²) in [4.78, 5) is 30.6. The molecule has 0 aliphatic heterocycles. The molecule has 3 N–H and O–H groups in total. The molecule has 0 spiro atoms. The molecular formula is C12H14N6O7S. The van der Waals surface area contributed by atoms with E-state index in [9.17, 15) is 18.0 Å². The van der Waals surface area contributed by atoms with Gasteiger partial charge in [-0.3, -0.25) is 14.8 Å². The van der Waals surface area contributed by atoms with E-state index in [1.54, 1.807) is 0 Å². The minimum Gasteiger partial charge on any atom is -0.491 e. The van der Waals surface area contributed by atoms with Gasteiger partial charge in [-0.2, -0.15) is 18.5 Å². The van der Waals surface area contributed by atoms with Gasteiger partial charge in [0.15, 0.2) is 11.6 Å². The highest BCUT2D eigenvalue weighted by Gasteiger charge is 2.30. The fraction of sp³-hybridized carbons (Fsp3) is 0.250. The van der Waals surface area contributed by atoms with E-state index in [0.717, 1.165) is 11.8 Å². The van der Waals surface area contributed by atoms with Crippen molar-refractivity contribution in [3.63, 3.8) is 0 Å². The predicted molar refractivity (Wildman–Crippen MR) is 86.9 cm³/mol. The van der Waals surface area contributed by atoms with Crippen molar-refractivity contribution in [1.29, 1.82) is 0 Å². The third kappa shape index (κ3) is 3.80. The normalized spacial score (nSPS) is 10.9. The van der Waals surface area contributed by atoms with Crippen LogP contribution in [0.5, 0.6) is 11.6 Å². The van der Waals surface area contributed by atoms with Crippen LogP contribution in [0.25, 0.3) is 0 Å². The van der Waals surface area contributed by atoms with E-state index in [0.29, 0.717) is 0 Å². The Labute approximate surface area is 147 Å². The Balaban J connectivity index is 2.28. The molecule has 0 aliphatic carbocycles. The van der Waals surface area contributed by atoms with Crippen molar-refractivity contribution in [3.05, 3.63) is 18.0 Å². The van der Waals surface area contributed by atoms with Gasteiger partial charge in [0.1, 0.15) is 0 Å². The second kappa shape index (κ2) is 7.22. The zero-order valence-electron chi connectivity index (χ0n) is 13.7. The highest BCUT2D eigenvalue weighted by molar-refractivity contribution is 8.07. The molecule has 0 saturated carbocycles. The molecule has 13 nitrogen and oxygen atoms in total. The average molecular weight is 386 g/mol. The molecule has 14 heteroatoms. The Hall–Kier alpha value is -3.42. The fourth-order valence-electron chi connectivity index (χ4n) is 1.80. The number of aromatic nitrogens is 4. The molecule has 0 fully saturated rings. The third-order valence-corrected chi connectivity index (χ3v) is 3.99. The number of aromatic carboxylic acids is 1. The molecule has 2 heterocycles. The molecule has 2 rings (SSSR count). The molecule has 0 atom stereocenters. The zero-order valence-corrected chi connectivity index (χ0v) is 14.6. The van der Waals surface area contributed by atoms with Crippen molar-refractivity contribution in [3.8, 4) is 11.6 Å². The van der Waals surface area contributed by atoms with Crippen LogP contribution in [0, 0.1) is 0 Å². The number of hydrogen-bond donors (Lipinski definition) is 3. The first-order valence-corrected chi connectivity index (χ1v) is 8.23. The highest BCUT2D eigenvalue weighted by atomic mass is 32.2.